The Bertz CT molecular complexity index is 1090. The van der Waals surface area contributed by atoms with Crippen molar-refractivity contribution in [2.45, 2.75) is 19.3 Å². The number of anilines is 1. The summed E-state index contributed by atoms with van der Waals surface area (Å²) in [6, 6.07) is 15.4. The fraction of sp³-hybridized carbons (Fsp3) is 0.200. The topological polar surface area (TPSA) is 56.0 Å². The van der Waals surface area contributed by atoms with Crippen molar-refractivity contribution in [3.63, 3.8) is 0 Å². The molecule has 3 aromatic rings. The summed E-state index contributed by atoms with van der Waals surface area (Å²) in [4.78, 5) is 24.6. The first-order valence-corrected chi connectivity index (χ1v) is 8.50. The zero-order valence-electron chi connectivity index (χ0n) is 15.0. The number of hydrogen-bond acceptors (Lipinski definition) is 3. The van der Waals surface area contributed by atoms with Crippen LogP contribution in [0.2, 0.25) is 0 Å². The van der Waals surface area contributed by atoms with Crippen LogP contribution in [0.25, 0.3) is 0 Å². The van der Waals surface area contributed by atoms with Gasteiger partial charge in [-0.2, -0.15) is 13.2 Å². The summed E-state index contributed by atoms with van der Waals surface area (Å²) in [5.74, 6) is 0.245. The van der Waals surface area contributed by atoms with Gasteiger partial charge in [-0.3, -0.25) is 13.9 Å². The molecule has 146 valence electrons. The minimum Gasteiger partial charge on any atom is -0.367 e. The number of benzene rings is 2. The highest BCUT2D eigenvalue weighted by Crippen LogP contribution is 2.29. The lowest BCUT2D eigenvalue weighted by Gasteiger charge is -2.16. The zero-order chi connectivity index (χ0) is 20.3. The van der Waals surface area contributed by atoms with Crippen LogP contribution in [0.5, 0.6) is 0 Å². The molecular formula is C20H18F3N3O2. The largest absolute Gasteiger partial charge is 0.416 e. The monoisotopic (exact) mass is 389 g/mol. The lowest BCUT2D eigenvalue weighted by molar-refractivity contribution is -0.137. The predicted molar refractivity (Wildman–Crippen MR) is 100 cm³/mol. The van der Waals surface area contributed by atoms with E-state index in [4.69, 9.17) is 0 Å². The lowest BCUT2D eigenvalue weighted by Crippen LogP contribution is -2.39. The first kappa shape index (κ1) is 19.5. The number of nitrogens with zero attached hydrogens (tertiary/aromatic N) is 2. The highest BCUT2D eigenvalue weighted by atomic mass is 19.4. The fourth-order valence-corrected chi connectivity index (χ4v) is 2.79. The fourth-order valence-electron chi connectivity index (χ4n) is 2.79. The van der Waals surface area contributed by atoms with Gasteiger partial charge in [0.15, 0.2) is 0 Å². The lowest BCUT2D eigenvalue weighted by atomic mass is 10.1. The average Bonchev–Trinajstić information content (AvgIpc) is 2.67. The molecule has 0 radical (unpaired) electrons. The molecule has 2 aromatic carbocycles. The highest BCUT2D eigenvalue weighted by molar-refractivity contribution is 5.37. The minimum atomic E-state index is -4.47. The zero-order valence-corrected chi connectivity index (χ0v) is 15.0. The molecule has 8 heteroatoms. The second-order valence-corrected chi connectivity index (χ2v) is 6.33. The van der Waals surface area contributed by atoms with E-state index >= 15 is 0 Å². The Kier molecular flexibility index (Phi) is 5.39. The Morgan fingerprint density at radius 3 is 2.29 bits per heavy atom. The Morgan fingerprint density at radius 1 is 0.929 bits per heavy atom. The average molecular weight is 389 g/mol. The van der Waals surface area contributed by atoms with Crippen LogP contribution in [0.1, 0.15) is 16.7 Å². The van der Waals surface area contributed by atoms with E-state index in [1.807, 2.05) is 30.3 Å². The standard InChI is InChI=1S/C20H18F3N3O2/c1-25-18(27)11-17(24-12-14-6-3-2-4-7-14)26(19(25)28)13-15-8-5-9-16(10-15)20(21,22)23/h2-11,24H,12-13H2,1H3. The van der Waals surface area contributed by atoms with Crippen LogP contribution in [0.4, 0.5) is 19.0 Å². The first-order chi connectivity index (χ1) is 13.3. The van der Waals surface area contributed by atoms with E-state index < -0.39 is 23.0 Å². The third-order valence-corrected chi connectivity index (χ3v) is 4.31. The summed E-state index contributed by atoms with van der Waals surface area (Å²) >= 11 is 0. The Morgan fingerprint density at radius 2 is 1.61 bits per heavy atom. The number of hydrogen-bond donors (Lipinski definition) is 1. The van der Waals surface area contributed by atoms with Crippen LogP contribution in [-0.2, 0) is 26.3 Å². The van der Waals surface area contributed by atoms with E-state index in [1.54, 1.807) is 0 Å². The van der Waals surface area contributed by atoms with Crippen molar-refractivity contribution in [3.8, 4) is 0 Å². The van der Waals surface area contributed by atoms with Crippen LogP contribution >= 0.6 is 0 Å². The van der Waals surface area contributed by atoms with Gasteiger partial charge in [0, 0.05) is 19.7 Å². The van der Waals surface area contributed by atoms with Crippen LogP contribution < -0.4 is 16.6 Å². The van der Waals surface area contributed by atoms with Gasteiger partial charge in [-0.05, 0) is 23.3 Å². The maximum atomic E-state index is 13.0. The van der Waals surface area contributed by atoms with Crippen molar-refractivity contribution in [1.82, 2.24) is 9.13 Å². The molecule has 1 aromatic heterocycles. The van der Waals surface area contributed by atoms with E-state index in [2.05, 4.69) is 5.32 Å². The van der Waals surface area contributed by atoms with E-state index in [0.717, 1.165) is 22.3 Å². The van der Waals surface area contributed by atoms with Crippen LogP contribution in [0.3, 0.4) is 0 Å². The van der Waals surface area contributed by atoms with E-state index in [0.29, 0.717) is 12.1 Å². The Hall–Kier alpha value is -3.29. The minimum absolute atomic E-state index is 0.103. The summed E-state index contributed by atoms with van der Waals surface area (Å²) in [5.41, 5.74) is -0.664. The predicted octanol–water partition coefficient (Wildman–Crippen LogP) is 3.23. The molecule has 0 fully saturated rings. The van der Waals surface area contributed by atoms with Crippen molar-refractivity contribution in [1.29, 1.82) is 0 Å². The highest BCUT2D eigenvalue weighted by Gasteiger charge is 2.30. The van der Waals surface area contributed by atoms with Crippen molar-refractivity contribution >= 4 is 5.82 Å². The van der Waals surface area contributed by atoms with E-state index in [9.17, 15) is 22.8 Å². The second-order valence-electron chi connectivity index (χ2n) is 6.33. The Labute approximate surface area is 158 Å². The smallest absolute Gasteiger partial charge is 0.367 e. The summed E-state index contributed by atoms with van der Waals surface area (Å²) in [7, 11) is 1.33. The summed E-state index contributed by atoms with van der Waals surface area (Å²) in [6.07, 6.45) is -4.47. The molecule has 0 unspecified atom stereocenters. The van der Waals surface area contributed by atoms with Gasteiger partial charge >= 0.3 is 11.9 Å². The van der Waals surface area contributed by atoms with Gasteiger partial charge in [-0.25, -0.2) is 4.79 Å². The molecule has 0 aliphatic carbocycles. The maximum Gasteiger partial charge on any atom is 0.416 e. The molecule has 0 bridgehead atoms. The molecular weight excluding hydrogens is 371 g/mol. The second kappa shape index (κ2) is 7.75. The number of alkyl halides is 3. The van der Waals surface area contributed by atoms with E-state index in [-0.39, 0.29) is 12.4 Å². The molecule has 28 heavy (non-hydrogen) atoms. The van der Waals surface area contributed by atoms with Crippen molar-refractivity contribution in [2.24, 2.45) is 7.05 Å². The Balaban J connectivity index is 1.96. The SMILES string of the molecule is Cn1c(=O)cc(NCc2ccccc2)n(Cc2cccc(C(F)(F)F)c2)c1=O. The quantitative estimate of drug-likeness (QED) is 0.729. The first-order valence-electron chi connectivity index (χ1n) is 8.50. The molecule has 0 spiro atoms. The molecule has 0 saturated heterocycles. The van der Waals surface area contributed by atoms with Gasteiger partial charge in [0.2, 0.25) is 0 Å². The number of rotatable bonds is 5. The number of aromatic nitrogens is 2. The van der Waals surface area contributed by atoms with Gasteiger partial charge in [0.05, 0.1) is 12.1 Å². The van der Waals surface area contributed by atoms with E-state index in [1.165, 1.54) is 29.8 Å². The van der Waals surface area contributed by atoms with Crippen LogP contribution in [-0.4, -0.2) is 9.13 Å². The van der Waals surface area contributed by atoms with Gasteiger partial charge in [-0.15, -0.1) is 0 Å². The third kappa shape index (κ3) is 4.33. The molecule has 1 N–H and O–H groups in total. The van der Waals surface area contributed by atoms with Crippen LogP contribution in [0.15, 0.2) is 70.3 Å². The molecule has 0 saturated carbocycles. The molecule has 0 aliphatic heterocycles. The third-order valence-electron chi connectivity index (χ3n) is 4.31. The molecule has 0 atom stereocenters. The van der Waals surface area contributed by atoms with Gasteiger partial charge in [0.1, 0.15) is 5.82 Å². The normalized spacial score (nSPS) is 11.4. The van der Waals surface area contributed by atoms with Crippen molar-refractivity contribution in [3.05, 3.63) is 98.2 Å². The summed E-state index contributed by atoms with van der Waals surface area (Å²) < 4.78 is 41.1. The van der Waals surface area contributed by atoms with Crippen LogP contribution in [0, 0.1) is 0 Å². The molecule has 3 rings (SSSR count). The molecule has 0 amide bonds. The van der Waals surface area contributed by atoms with Gasteiger partial charge in [0.25, 0.3) is 5.56 Å². The molecule has 1 heterocycles. The van der Waals surface area contributed by atoms with Crippen molar-refractivity contribution in [2.75, 3.05) is 5.32 Å². The molecule has 5 nitrogen and oxygen atoms in total. The summed E-state index contributed by atoms with van der Waals surface area (Å²) in [6.45, 7) is 0.254. The van der Waals surface area contributed by atoms with Crippen molar-refractivity contribution < 1.29 is 13.2 Å². The number of halogens is 3. The molecule has 0 aliphatic rings. The number of nitrogens with one attached hydrogen (secondary N) is 1. The maximum absolute atomic E-state index is 13.0. The van der Waals surface area contributed by atoms with Gasteiger partial charge < -0.3 is 5.32 Å². The summed E-state index contributed by atoms with van der Waals surface area (Å²) in [5, 5.41) is 3.03. The van der Waals surface area contributed by atoms with Gasteiger partial charge in [-0.1, -0.05) is 42.5 Å².